The van der Waals surface area contributed by atoms with Gasteiger partial charge in [-0.05, 0) is 30.5 Å². The van der Waals surface area contributed by atoms with Crippen molar-refractivity contribution in [3.8, 4) is 0 Å². The number of nitrogens with zero attached hydrogens (tertiary/aromatic N) is 5. The number of fused-ring (bicyclic) bond motifs is 1. The van der Waals surface area contributed by atoms with Gasteiger partial charge in [0.15, 0.2) is 5.65 Å². The van der Waals surface area contributed by atoms with Crippen molar-refractivity contribution in [2.24, 2.45) is 7.05 Å². The minimum absolute atomic E-state index is 0.268. The molecule has 2 aromatic heterocycles. The first-order chi connectivity index (χ1) is 11.1. The molecule has 7 heteroatoms. The van der Waals surface area contributed by atoms with Crippen LogP contribution >= 0.6 is 11.6 Å². The van der Waals surface area contributed by atoms with E-state index in [4.69, 9.17) is 17.3 Å². The Labute approximate surface area is 138 Å². The van der Waals surface area contributed by atoms with Crippen molar-refractivity contribution in [3.05, 3.63) is 41.0 Å². The number of aryl methyl sites for hydroxylation is 1. The summed E-state index contributed by atoms with van der Waals surface area (Å²) in [6, 6.07) is 8.29. The van der Waals surface area contributed by atoms with Gasteiger partial charge in [0.2, 0.25) is 5.95 Å². The van der Waals surface area contributed by atoms with Crippen LogP contribution in [0.15, 0.2) is 30.5 Å². The van der Waals surface area contributed by atoms with Gasteiger partial charge in [0.25, 0.3) is 0 Å². The fraction of sp³-hybridized carbons (Fsp3) is 0.312. The van der Waals surface area contributed by atoms with Crippen LogP contribution in [0.3, 0.4) is 0 Å². The summed E-state index contributed by atoms with van der Waals surface area (Å²) in [5.74, 6) is 1.14. The Balaban J connectivity index is 1.81. The highest BCUT2D eigenvalue weighted by Gasteiger charge is 2.29. The number of hydrogen-bond acceptors (Lipinski definition) is 5. The molecule has 1 saturated heterocycles. The van der Waals surface area contributed by atoms with Crippen molar-refractivity contribution in [2.45, 2.75) is 18.9 Å². The normalized spacial score (nSPS) is 18.0. The molecule has 1 unspecified atom stereocenters. The van der Waals surface area contributed by atoms with Crippen molar-refractivity contribution in [1.82, 2.24) is 19.7 Å². The molecule has 0 aliphatic carbocycles. The Morgan fingerprint density at radius 2 is 2.00 bits per heavy atom. The second-order valence-electron chi connectivity index (χ2n) is 5.81. The zero-order chi connectivity index (χ0) is 16.0. The molecule has 1 aromatic carbocycles. The van der Waals surface area contributed by atoms with E-state index < -0.39 is 0 Å². The second kappa shape index (κ2) is 5.38. The molecule has 1 atom stereocenters. The molecule has 4 rings (SSSR count). The first-order valence-corrected chi connectivity index (χ1v) is 7.98. The van der Waals surface area contributed by atoms with Gasteiger partial charge in [-0.2, -0.15) is 15.1 Å². The summed E-state index contributed by atoms with van der Waals surface area (Å²) in [6.07, 6.45) is 3.99. The van der Waals surface area contributed by atoms with Gasteiger partial charge < -0.3 is 10.6 Å². The number of nitrogen functional groups attached to an aromatic ring is 1. The number of halogens is 1. The van der Waals surface area contributed by atoms with Crippen molar-refractivity contribution in [1.29, 1.82) is 0 Å². The van der Waals surface area contributed by atoms with E-state index in [9.17, 15) is 0 Å². The summed E-state index contributed by atoms with van der Waals surface area (Å²) < 4.78 is 1.73. The fourth-order valence-electron chi connectivity index (χ4n) is 3.29. The highest BCUT2D eigenvalue weighted by atomic mass is 35.5. The van der Waals surface area contributed by atoms with E-state index in [2.05, 4.69) is 32.1 Å². The molecule has 0 amide bonds. The Morgan fingerprint density at radius 3 is 2.78 bits per heavy atom. The highest BCUT2D eigenvalue weighted by Crippen LogP contribution is 2.38. The molecule has 0 saturated carbocycles. The van der Waals surface area contributed by atoms with Crippen molar-refractivity contribution < 1.29 is 0 Å². The third-order valence-electron chi connectivity index (χ3n) is 4.37. The maximum Gasteiger partial charge on any atom is 0.224 e. The molecule has 3 aromatic rings. The number of aromatic nitrogens is 4. The Bertz CT molecular complexity index is 857. The van der Waals surface area contributed by atoms with E-state index in [1.165, 1.54) is 5.56 Å². The third kappa shape index (κ3) is 2.39. The molecule has 23 heavy (non-hydrogen) atoms. The largest absolute Gasteiger partial charge is 0.368 e. The molecule has 1 fully saturated rings. The lowest BCUT2D eigenvalue weighted by molar-refractivity contribution is 0.713. The van der Waals surface area contributed by atoms with E-state index in [-0.39, 0.29) is 12.0 Å². The summed E-state index contributed by atoms with van der Waals surface area (Å²) in [5.41, 5.74) is 7.91. The monoisotopic (exact) mass is 328 g/mol. The molecule has 1 aliphatic rings. The molecular weight excluding hydrogens is 312 g/mol. The summed E-state index contributed by atoms with van der Waals surface area (Å²) >= 11 is 6.01. The maximum absolute atomic E-state index is 6.01. The van der Waals surface area contributed by atoms with Crippen molar-refractivity contribution >= 4 is 34.4 Å². The zero-order valence-electron chi connectivity index (χ0n) is 12.8. The smallest absolute Gasteiger partial charge is 0.224 e. The lowest BCUT2D eigenvalue weighted by atomic mass is 10.0. The van der Waals surface area contributed by atoms with E-state index in [1.54, 1.807) is 10.9 Å². The molecular formula is C16H17ClN6. The van der Waals surface area contributed by atoms with E-state index in [0.717, 1.165) is 41.3 Å². The predicted octanol–water partition coefficient (Wildman–Crippen LogP) is 2.94. The maximum atomic E-state index is 6.01. The van der Waals surface area contributed by atoms with Gasteiger partial charge in [0, 0.05) is 18.6 Å². The van der Waals surface area contributed by atoms with Crippen molar-refractivity contribution in [2.75, 3.05) is 17.2 Å². The second-order valence-corrected chi connectivity index (χ2v) is 6.25. The standard InChI is InChI=1S/C16H17ClN6/c1-22-14-12(9-19-22)15(21-16(18)20-14)23-8-2-3-13(23)10-4-6-11(17)7-5-10/h4-7,9,13H,2-3,8H2,1H3,(H2,18,20,21). The summed E-state index contributed by atoms with van der Waals surface area (Å²) in [7, 11) is 1.86. The van der Waals surface area contributed by atoms with Crippen LogP contribution in [0.2, 0.25) is 5.02 Å². The fourth-order valence-corrected chi connectivity index (χ4v) is 3.42. The number of rotatable bonds is 2. The quantitative estimate of drug-likeness (QED) is 0.783. The SMILES string of the molecule is Cn1ncc2c(N3CCCC3c3ccc(Cl)cc3)nc(N)nc21. The molecule has 6 nitrogen and oxygen atoms in total. The highest BCUT2D eigenvalue weighted by molar-refractivity contribution is 6.30. The number of anilines is 2. The van der Waals surface area contributed by atoms with Crippen LogP contribution < -0.4 is 10.6 Å². The van der Waals surface area contributed by atoms with Gasteiger partial charge in [-0.25, -0.2) is 0 Å². The molecule has 0 bridgehead atoms. The van der Waals surface area contributed by atoms with Gasteiger partial charge in [-0.3, -0.25) is 4.68 Å². The van der Waals surface area contributed by atoms with Crippen LogP contribution in [0, 0.1) is 0 Å². The van der Waals surface area contributed by atoms with Crippen LogP contribution in [0.25, 0.3) is 11.0 Å². The Morgan fingerprint density at radius 1 is 1.22 bits per heavy atom. The minimum atomic E-state index is 0.268. The zero-order valence-corrected chi connectivity index (χ0v) is 13.5. The molecule has 2 N–H and O–H groups in total. The van der Waals surface area contributed by atoms with E-state index in [0.29, 0.717) is 0 Å². The van der Waals surface area contributed by atoms with E-state index in [1.807, 2.05) is 19.2 Å². The topological polar surface area (TPSA) is 72.9 Å². The van der Waals surface area contributed by atoms with Gasteiger partial charge >= 0.3 is 0 Å². The van der Waals surface area contributed by atoms with Crippen LogP contribution in [0.5, 0.6) is 0 Å². The Hall–Kier alpha value is -2.34. The molecule has 3 heterocycles. The molecule has 0 radical (unpaired) electrons. The first-order valence-electron chi connectivity index (χ1n) is 7.61. The molecule has 0 spiro atoms. The van der Waals surface area contributed by atoms with E-state index >= 15 is 0 Å². The van der Waals surface area contributed by atoms with Crippen LogP contribution in [-0.2, 0) is 7.05 Å². The minimum Gasteiger partial charge on any atom is -0.368 e. The Kier molecular flexibility index (Phi) is 3.34. The lowest BCUT2D eigenvalue weighted by Crippen LogP contribution is -2.24. The number of benzene rings is 1. The van der Waals surface area contributed by atoms with Crippen LogP contribution in [0.4, 0.5) is 11.8 Å². The number of hydrogen-bond donors (Lipinski definition) is 1. The van der Waals surface area contributed by atoms with Gasteiger partial charge in [-0.15, -0.1) is 0 Å². The van der Waals surface area contributed by atoms with Gasteiger partial charge in [0.05, 0.1) is 17.6 Å². The third-order valence-corrected chi connectivity index (χ3v) is 4.62. The number of nitrogens with two attached hydrogens (primary N) is 1. The average molecular weight is 329 g/mol. The van der Waals surface area contributed by atoms with Gasteiger partial charge in [0.1, 0.15) is 5.82 Å². The summed E-state index contributed by atoms with van der Waals surface area (Å²) in [4.78, 5) is 11.1. The summed E-state index contributed by atoms with van der Waals surface area (Å²) in [6.45, 7) is 0.938. The summed E-state index contributed by atoms with van der Waals surface area (Å²) in [5, 5.41) is 5.98. The van der Waals surface area contributed by atoms with Crippen molar-refractivity contribution in [3.63, 3.8) is 0 Å². The average Bonchev–Trinajstić information content (AvgIpc) is 3.15. The molecule has 118 valence electrons. The first kappa shape index (κ1) is 14.3. The van der Waals surface area contributed by atoms with Crippen LogP contribution in [0.1, 0.15) is 24.4 Å². The van der Waals surface area contributed by atoms with Gasteiger partial charge in [-0.1, -0.05) is 23.7 Å². The van der Waals surface area contributed by atoms with Crippen LogP contribution in [-0.4, -0.2) is 26.3 Å². The predicted molar refractivity (Wildman–Crippen MR) is 91.5 cm³/mol. The molecule has 1 aliphatic heterocycles. The lowest BCUT2D eigenvalue weighted by Gasteiger charge is -2.26.